The van der Waals surface area contributed by atoms with Crippen LogP contribution in [0.2, 0.25) is 0 Å². The van der Waals surface area contributed by atoms with Crippen LogP contribution in [0.4, 0.5) is 0 Å². The first-order valence-corrected chi connectivity index (χ1v) is 10.4. The first kappa shape index (κ1) is 24.9. The van der Waals surface area contributed by atoms with E-state index < -0.39 is 0 Å². The molecule has 1 saturated heterocycles. The fourth-order valence-electron chi connectivity index (χ4n) is 3.51. The molecule has 8 heteroatoms. The van der Waals surface area contributed by atoms with Crippen LogP contribution in [0.15, 0.2) is 53.7 Å². The highest BCUT2D eigenvalue weighted by molar-refractivity contribution is 14.0. The van der Waals surface area contributed by atoms with E-state index in [2.05, 4.69) is 20.2 Å². The highest BCUT2D eigenvalue weighted by Gasteiger charge is 2.27. The molecule has 0 bridgehead atoms. The SMILES string of the molecule is CCOC(=O)C1CCN(C(=NC)NCc2cccnc2OCc2ccccc2)CC1.I. The number of pyridine rings is 1. The van der Waals surface area contributed by atoms with Gasteiger partial charge < -0.3 is 19.7 Å². The van der Waals surface area contributed by atoms with Crippen molar-refractivity contribution in [2.75, 3.05) is 26.7 Å². The number of nitrogens with one attached hydrogen (secondary N) is 1. The molecule has 168 valence electrons. The Morgan fingerprint density at radius 3 is 2.61 bits per heavy atom. The number of aromatic nitrogens is 1. The van der Waals surface area contributed by atoms with Gasteiger partial charge >= 0.3 is 5.97 Å². The lowest BCUT2D eigenvalue weighted by Crippen LogP contribution is -2.46. The van der Waals surface area contributed by atoms with Crippen LogP contribution < -0.4 is 10.1 Å². The van der Waals surface area contributed by atoms with E-state index in [0.29, 0.717) is 25.6 Å². The highest BCUT2D eigenvalue weighted by Crippen LogP contribution is 2.20. The van der Waals surface area contributed by atoms with E-state index in [-0.39, 0.29) is 35.9 Å². The van der Waals surface area contributed by atoms with Crippen molar-refractivity contribution in [3.63, 3.8) is 0 Å². The Bertz CT molecular complexity index is 840. The monoisotopic (exact) mass is 538 g/mol. The highest BCUT2D eigenvalue weighted by atomic mass is 127. The molecule has 31 heavy (non-hydrogen) atoms. The molecule has 2 aromatic rings. The van der Waals surface area contributed by atoms with Crippen LogP contribution in [-0.2, 0) is 22.7 Å². The number of guanidine groups is 1. The van der Waals surface area contributed by atoms with Crippen molar-refractivity contribution in [1.82, 2.24) is 15.2 Å². The Labute approximate surface area is 201 Å². The number of nitrogens with zero attached hydrogens (tertiary/aromatic N) is 3. The number of hydrogen-bond donors (Lipinski definition) is 1. The van der Waals surface area contributed by atoms with Gasteiger partial charge in [0.1, 0.15) is 6.61 Å². The van der Waals surface area contributed by atoms with Crippen molar-refractivity contribution >= 4 is 35.9 Å². The normalized spacial score (nSPS) is 14.5. The van der Waals surface area contributed by atoms with Gasteiger partial charge in [0.15, 0.2) is 5.96 Å². The maximum Gasteiger partial charge on any atom is 0.309 e. The lowest BCUT2D eigenvalue weighted by molar-refractivity contribution is -0.149. The molecule has 7 nitrogen and oxygen atoms in total. The van der Waals surface area contributed by atoms with E-state index >= 15 is 0 Å². The third-order valence-electron chi connectivity index (χ3n) is 5.13. The molecule has 1 aromatic carbocycles. The molecule has 3 rings (SSSR count). The third-order valence-corrected chi connectivity index (χ3v) is 5.13. The van der Waals surface area contributed by atoms with Gasteiger partial charge in [-0.15, -0.1) is 24.0 Å². The molecule has 1 fully saturated rings. The fraction of sp³-hybridized carbons (Fsp3) is 0.435. The van der Waals surface area contributed by atoms with Crippen LogP contribution in [0, 0.1) is 5.92 Å². The van der Waals surface area contributed by atoms with Crippen molar-refractivity contribution in [2.24, 2.45) is 10.9 Å². The molecule has 0 spiro atoms. The molecular weight excluding hydrogens is 507 g/mol. The lowest BCUT2D eigenvalue weighted by Gasteiger charge is -2.33. The summed E-state index contributed by atoms with van der Waals surface area (Å²) in [6.45, 7) is 4.85. The number of likely N-dealkylation sites (tertiary alicyclic amines) is 1. The Balaban J connectivity index is 0.00000341. The van der Waals surface area contributed by atoms with E-state index in [1.54, 1.807) is 13.2 Å². The van der Waals surface area contributed by atoms with E-state index in [0.717, 1.165) is 43.0 Å². The molecule has 0 saturated carbocycles. The summed E-state index contributed by atoms with van der Waals surface area (Å²) in [4.78, 5) is 22.9. The Morgan fingerprint density at radius 2 is 1.94 bits per heavy atom. The van der Waals surface area contributed by atoms with Gasteiger partial charge in [-0.05, 0) is 31.4 Å². The zero-order valence-electron chi connectivity index (χ0n) is 18.1. The maximum absolute atomic E-state index is 11.9. The Morgan fingerprint density at radius 1 is 1.19 bits per heavy atom. The number of piperidine rings is 1. The molecule has 0 aliphatic carbocycles. The number of aliphatic imine (C=N–C) groups is 1. The van der Waals surface area contributed by atoms with Crippen molar-refractivity contribution in [2.45, 2.75) is 32.9 Å². The predicted octanol–water partition coefficient (Wildman–Crippen LogP) is 3.63. The second-order valence-electron chi connectivity index (χ2n) is 7.16. The minimum absolute atomic E-state index is 0. The summed E-state index contributed by atoms with van der Waals surface area (Å²) in [5, 5.41) is 3.40. The lowest BCUT2D eigenvalue weighted by atomic mass is 9.97. The summed E-state index contributed by atoms with van der Waals surface area (Å²) in [5.74, 6) is 1.33. The molecule has 0 atom stereocenters. The van der Waals surface area contributed by atoms with Crippen molar-refractivity contribution in [3.05, 3.63) is 59.8 Å². The number of carbonyl (C=O) groups excluding carboxylic acids is 1. The van der Waals surface area contributed by atoms with Crippen molar-refractivity contribution in [1.29, 1.82) is 0 Å². The zero-order chi connectivity index (χ0) is 21.2. The van der Waals surface area contributed by atoms with Crippen molar-refractivity contribution < 1.29 is 14.3 Å². The fourth-order valence-corrected chi connectivity index (χ4v) is 3.51. The van der Waals surface area contributed by atoms with Crippen LogP contribution >= 0.6 is 24.0 Å². The largest absolute Gasteiger partial charge is 0.473 e. The van der Waals surface area contributed by atoms with Gasteiger partial charge in [-0.2, -0.15) is 0 Å². The Kier molecular flexibility index (Phi) is 10.6. The van der Waals surface area contributed by atoms with Gasteiger partial charge in [-0.3, -0.25) is 9.79 Å². The molecule has 1 N–H and O–H groups in total. The summed E-state index contributed by atoms with van der Waals surface area (Å²) in [6, 6.07) is 13.9. The average Bonchev–Trinajstić information content (AvgIpc) is 2.80. The summed E-state index contributed by atoms with van der Waals surface area (Å²) >= 11 is 0. The topological polar surface area (TPSA) is 76.0 Å². The quantitative estimate of drug-likeness (QED) is 0.251. The molecule has 1 aromatic heterocycles. The molecule has 0 unspecified atom stereocenters. The second kappa shape index (κ2) is 13.1. The first-order chi connectivity index (χ1) is 14.7. The summed E-state index contributed by atoms with van der Waals surface area (Å²) < 4.78 is 11.1. The predicted molar refractivity (Wildman–Crippen MR) is 132 cm³/mol. The van der Waals surface area contributed by atoms with E-state index in [1.165, 1.54) is 0 Å². The van der Waals surface area contributed by atoms with E-state index in [1.807, 2.05) is 49.4 Å². The molecule has 1 aliphatic rings. The van der Waals surface area contributed by atoms with Gasteiger partial charge in [0.25, 0.3) is 0 Å². The van der Waals surface area contributed by atoms with Crippen molar-refractivity contribution in [3.8, 4) is 5.88 Å². The minimum atomic E-state index is -0.0873. The van der Waals surface area contributed by atoms with Crippen LogP contribution in [-0.4, -0.2) is 48.6 Å². The minimum Gasteiger partial charge on any atom is -0.473 e. The molecular formula is C23H31IN4O3. The molecule has 2 heterocycles. The molecule has 1 aliphatic heterocycles. The van der Waals surface area contributed by atoms with Gasteiger partial charge in [-0.25, -0.2) is 4.98 Å². The zero-order valence-corrected chi connectivity index (χ0v) is 20.5. The molecule has 0 radical (unpaired) electrons. The van der Waals surface area contributed by atoms with Crippen LogP contribution in [0.5, 0.6) is 5.88 Å². The van der Waals surface area contributed by atoms with Crippen LogP contribution in [0.1, 0.15) is 30.9 Å². The average molecular weight is 538 g/mol. The summed E-state index contributed by atoms with van der Waals surface area (Å²) in [7, 11) is 1.77. The maximum atomic E-state index is 11.9. The smallest absolute Gasteiger partial charge is 0.309 e. The number of benzene rings is 1. The van der Waals surface area contributed by atoms with Gasteiger partial charge in [-0.1, -0.05) is 36.4 Å². The van der Waals surface area contributed by atoms with Gasteiger partial charge in [0.05, 0.1) is 12.5 Å². The number of ether oxygens (including phenoxy) is 2. The van der Waals surface area contributed by atoms with E-state index in [4.69, 9.17) is 9.47 Å². The standard InChI is InChI=1S/C23H30N4O3.HI/c1-3-29-22(28)19-11-14-27(15-12-19)23(24-2)26-16-20-10-7-13-25-21(20)30-17-18-8-5-4-6-9-18;/h4-10,13,19H,3,11-12,14-17H2,1-2H3,(H,24,26);1H. The number of esters is 1. The number of hydrogen-bond acceptors (Lipinski definition) is 5. The summed E-state index contributed by atoms with van der Waals surface area (Å²) in [5.41, 5.74) is 2.07. The third kappa shape index (κ3) is 7.37. The van der Waals surface area contributed by atoms with Gasteiger partial charge in [0, 0.05) is 38.4 Å². The van der Waals surface area contributed by atoms with E-state index in [9.17, 15) is 4.79 Å². The van der Waals surface area contributed by atoms with Crippen LogP contribution in [0.3, 0.4) is 0 Å². The number of carbonyl (C=O) groups is 1. The first-order valence-electron chi connectivity index (χ1n) is 10.4. The number of halogens is 1. The number of rotatable bonds is 7. The molecule has 0 amide bonds. The van der Waals surface area contributed by atoms with Crippen LogP contribution in [0.25, 0.3) is 0 Å². The second-order valence-corrected chi connectivity index (χ2v) is 7.16. The summed E-state index contributed by atoms with van der Waals surface area (Å²) in [6.07, 6.45) is 3.29. The Hall–Kier alpha value is -2.36. The van der Waals surface area contributed by atoms with Gasteiger partial charge in [0.2, 0.25) is 5.88 Å².